The minimum Gasteiger partial charge on any atom is -0.391 e. The lowest BCUT2D eigenvalue weighted by molar-refractivity contribution is -0.0460. The van der Waals surface area contributed by atoms with Crippen LogP contribution < -0.4 is 0 Å². The summed E-state index contributed by atoms with van der Waals surface area (Å²) in [6, 6.07) is 14.3. The van der Waals surface area contributed by atoms with Crippen molar-refractivity contribution in [3.8, 4) is 0 Å². The van der Waals surface area contributed by atoms with Crippen LogP contribution in [-0.4, -0.2) is 52.0 Å². The first-order valence-corrected chi connectivity index (χ1v) is 13.8. The van der Waals surface area contributed by atoms with Crippen molar-refractivity contribution in [1.29, 1.82) is 0 Å². The number of amides is 1. The number of likely N-dealkylation sites (tertiary alicyclic amines) is 1. The zero-order chi connectivity index (χ0) is 26.5. The fourth-order valence-corrected chi connectivity index (χ4v) is 6.93. The summed E-state index contributed by atoms with van der Waals surface area (Å²) in [4.78, 5) is 19.7. The number of allylic oxidation sites excluding steroid dienone is 2. The molecule has 1 saturated heterocycles. The smallest absolute Gasteiger partial charge is 0.254 e. The molecule has 4 atom stereocenters. The maximum absolute atomic E-state index is 13.4. The highest BCUT2D eigenvalue weighted by atomic mass is 19.1. The molecule has 1 saturated carbocycles. The van der Waals surface area contributed by atoms with Crippen molar-refractivity contribution in [3.05, 3.63) is 93.8 Å². The van der Waals surface area contributed by atoms with Crippen molar-refractivity contribution < 1.29 is 19.4 Å². The molecular formula is C32H35FN2O3. The van der Waals surface area contributed by atoms with E-state index in [4.69, 9.17) is 4.99 Å². The third-order valence-corrected chi connectivity index (χ3v) is 9.43. The van der Waals surface area contributed by atoms with Gasteiger partial charge in [0.1, 0.15) is 5.82 Å². The maximum Gasteiger partial charge on any atom is 0.254 e. The highest BCUT2D eigenvalue weighted by Crippen LogP contribution is 2.58. The molecule has 6 heteroatoms. The number of dihydropyridines is 1. The molecule has 0 aromatic heterocycles. The summed E-state index contributed by atoms with van der Waals surface area (Å²) in [6.45, 7) is 3.13. The molecule has 0 bridgehead atoms. The Kier molecular flexibility index (Phi) is 6.36. The van der Waals surface area contributed by atoms with Gasteiger partial charge in [-0.1, -0.05) is 48.9 Å². The Morgan fingerprint density at radius 2 is 1.95 bits per heavy atom. The minimum atomic E-state index is -0.876. The number of fused-ring (bicyclic) bond motifs is 1. The standard InChI is InChI=1S/C32H35FN2O3/c1-31-18-24-19-34-29(22-6-8-26(33)9-7-22)17-23(24)16-25(31)11-14-32(31,38)13-10-21-4-2-3-5-28(21)30(37)35-15-12-27(36)20-35/h2-9,16,19,27,29,36,38H,10-15,17-18,20H2,1H3/t27?,29?,31?,32-/m0/s1. The van der Waals surface area contributed by atoms with Gasteiger partial charge < -0.3 is 15.1 Å². The Labute approximate surface area is 223 Å². The van der Waals surface area contributed by atoms with Gasteiger partial charge in [0, 0.05) is 30.3 Å². The predicted molar refractivity (Wildman–Crippen MR) is 146 cm³/mol. The summed E-state index contributed by atoms with van der Waals surface area (Å²) in [7, 11) is 0. The van der Waals surface area contributed by atoms with E-state index >= 15 is 0 Å². The molecule has 2 heterocycles. The topological polar surface area (TPSA) is 73.1 Å². The highest BCUT2D eigenvalue weighted by Gasteiger charge is 2.54. The normalized spacial score (nSPS) is 30.3. The molecule has 2 N–H and O–H groups in total. The van der Waals surface area contributed by atoms with Crippen molar-refractivity contribution >= 4 is 12.1 Å². The summed E-state index contributed by atoms with van der Waals surface area (Å²) in [6.07, 6.45) is 8.69. The van der Waals surface area contributed by atoms with Crippen LogP contribution in [0.1, 0.15) is 73.0 Å². The van der Waals surface area contributed by atoms with Crippen molar-refractivity contribution in [2.24, 2.45) is 10.4 Å². The van der Waals surface area contributed by atoms with Crippen LogP contribution in [-0.2, 0) is 6.42 Å². The average Bonchev–Trinajstić information content (AvgIpc) is 3.46. The summed E-state index contributed by atoms with van der Waals surface area (Å²) in [5.41, 5.74) is 5.13. The first-order valence-electron chi connectivity index (χ1n) is 13.8. The number of benzene rings is 2. The molecule has 2 fully saturated rings. The summed E-state index contributed by atoms with van der Waals surface area (Å²) in [5, 5.41) is 21.9. The van der Waals surface area contributed by atoms with E-state index < -0.39 is 11.7 Å². The van der Waals surface area contributed by atoms with Gasteiger partial charge in [0.25, 0.3) is 5.91 Å². The van der Waals surface area contributed by atoms with Crippen molar-refractivity contribution in [2.75, 3.05) is 13.1 Å². The fraction of sp³-hybridized carbons (Fsp3) is 0.438. The molecule has 2 aromatic carbocycles. The number of carbonyl (C=O) groups excluding carboxylic acids is 1. The second kappa shape index (κ2) is 9.58. The summed E-state index contributed by atoms with van der Waals surface area (Å²) < 4.78 is 13.4. The average molecular weight is 515 g/mol. The Bertz CT molecular complexity index is 1350. The Balaban J connectivity index is 1.18. The van der Waals surface area contributed by atoms with Crippen LogP contribution in [0.25, 0.3) is 0 Å². The van der Waals surface area contributed by atoms with Crippen molar-refractivity contribution in [1.82, 2.24) is 4.90 Å². The van der Waals surface area contributed by atoms with Crippen LogP contribution >= 0.6 is 0 Å². The number of aliphatic imine (C=N–C) groups is 1. The first kappa shape index (κ1) is 25.2. The van der Waals surface area contributed by atoms with Gasteiger partial charge in [0.2, 0.25) is 0 Å². The molecule has 1 amide bonds. The van der Waals surface area contributed by atoms with E-state index in [0.717, 1.165) is 30.4 Å². The number of aryl methyl sites for hydroxylation is 1. The van der Waals surface area contributed by atoms with Crippen LogP contribution in [0.3, 0.4) is 0 Å². The van der Waals surface area contributed by atoms with Crippen LogP contribution in [0, 0.1) is 11.2 Å². The van der Waals surface area contributed by atoms with E-state index in [1.165, 1.54) is 28.9 Å². The van der Waals surface area contributed by atoms with Gasteiger partial charge in [-0.15, -0.1) is 0 Å². The highest BCUT2D eigenvalue weighted by molar-refractivity contribution is 5.96. The quantitative estimate of drug-likeness (QED) is 0.566. The monoisotopic (exact) mass is 514 g/mol. The van der Waals surface area contributed by atoms with Gasteiger partial charge in [-0.3, -0.25) is 9.79 Å². The fourth-order valence-electron chi connectivity index (χ4n) is 6.93. The van der Waals surface area contributed by atoms with Gasteiger partial charge in [0.15, 0.2) is 0 Å². The molecule has 6 rings (SSSR count). The lowest BCUT2D eigenvalue weighted by Crippen LogP contribution is -2.44. The SMILES string of the molecule is CC12CC3=C(C=C1CC[C@@]2(O)CCc1ccccc1C(=O)N1CCC(O)C1)CC(c1ccc(F)cc1)N=C3. The summed E-state index contributed by atoms with van der Waals surface area (Å²) >= 11 is 0. The number of hydrogen-bond donors (Lipinski definition) is 2. The lowest BCUT2D eigenvalue weighted by atomic mass is 9.64. The molecule has 2 aliphatic carbocycles. The van der Waals surface area contributed by atoms with Gasteiger partial charge in [-0.05, 0) is 85.4 Å². The second-order valence-electron chi connectivity index (χ2n) is 11.7. The Hall–Kier alpha value is -3.09. The van der Waals surface area contributed by atoms with Gasteiger partial charge in [-0.25, -0.2) is 4.39 Å². The van der Waals surface area contributed by atoms with Crippen LogP contribution in [0.15, 0.2) is 76.3 Å². The molecule has 3 unspecified atom stereocenters. The van der Waals surface area contributed by atoms with Crippen LogP contribution in [0.2, 0.25) is 0 Å². The van der Waals surface area contributed by atoms with E-state index in [0.29, 0.717) is 44.3 Å². The van der Waals surface area contributed by atoms with E-state index in [1.54, 1.807) is 4.90 Å². The third-order valence-electron chi connectivity index (χ3n) is 9.43. The van der Waals surface area contributed by atoms with E-state index in [-0.39, 0.29) is 23.2 Å². The molecule has 38 heavy (non-hydrogen) atoms. The molecule has 198 valence electrons. The predicted octanol–water partition coefficient (Wildman–Crippen LogP) is 5.34. The third kappa shape index (κ3) is 4.34. The molecular weight excluding hydrogens is 479 g/mol. The van der Waals surface area contributed by atoms with Crippen molar-refractivity contribution in [2.45, 2.75) is 69.6 Å². The molecule has 0 radical (unpaired) electrons. The van der Waals surface area contributed by atoms with E-state index in [2.05, 4.69) is 13.0 Å². The largest absolute Gasteiger partial charge is 0.391 e. The Morgan fingerprint density at radius 3 is 2.71 bits per heavy atom. The number of carbonyl (C=O) groups is 1. The number of halogens is 1. The molecule has 4 aliphatic rings. The van der Waals surface area contributed by atoms with Crippen LogP contribution in [0.5, 0.6) is 0 Å². The van der Waals surface area contributed by atoms with Gasteiger partial charge in [-0.2, -0.15) is 0 Å². The Morgan fingerprint density at radius 1 is 1.16 bits per heavy atom. The number of aliphatic hydroxyl groups is 2. The maximum atomic E-state index is 13.4. The van der Waals surface area contributed by atoms with E-state index in [1.807, 2.05) is 42.6 Å². The minimum absolute atomic E-state index is 0.0124. The summed E-state index contributed by atoms with van der Waals surface area (Å²) in [5.74, 6) is -0.278. The number of nitrogens with zero attached hydrogens (tertiary/aromatic N) is 2. The number of β-amino-alcohol motifs (C(OH)–C–C–N with tert-alkyl or cyclic N) is 1. The van der Waals surface area contributed by atoms with E-state index in [9.17, 15) is 19.4 Å². The second-order valence-corrected chi connectivity index (χ2v) is 11.7. The molecule has 2 aromatic rings. The molecule has 5 nitrogen and oxygen atoms in total. The van der Waals surface area contributed by atoms with Gasteiger partial charge >= 0.3 is 0 Å². The lowest BCUT2D eigenvalue weighted by Gasteiger charge is -2.44. The zero-order valence-corrected chi connectivity index (χ0v) is 21.9. The van der Waals surface area contributed by atoms with Gasteiger partial charge in [0.05, 0.1) is 17.7 Å². The molecule has 0 spiro atoms. The van der Waals surface area contributed by atoms with Crippen molar-refractivity contribution in [3.63, 3.8) is 0 Å². The number of aliphatic hydroxyl groups excluding tert-OH is 1. The van der Waals surface area contributed by atoms with Crippen LogP contribution in [0.4, 0.5) is 4.39 Å². The number of rotatable bonds is 5. The first-order chi connectivity index (χ1) is 18.3. The molecule has 2 aliphatic heterocycles. The zero-order valence-electron chi connectivity index (χ0n) is 21.9. The number of hydrogen-bond acceptors (Lipinski definition) is 4.